The molecule has 0 radical (unpaired) electrons. The Kier molecular flexibility index (Phi) is 11.3. The molecule has 2 aromatic carbocycles. The summed E-state index contributed by atoms with van der Waals surface area (Å²) in [5, 5.41) is 3.71. The third-order valence-electron chi connectivity index (χ3n) is 13.2. The first-order valence-electron chi connectivity index (χ1n) is 19.5. The molecule has 10 nitrogen and oxygen atoms in total. The quantitative estimate of drug-likeness (QED) is 0.288. The molecule has 1 saturated carbocycles. The number of morpholine rings is 1. The van der Waals surface area contributed by atoms with Crippen LogP contribution in [0.2, 0.25) is 5.02 Å². The van der Waals surface area contributed by atoms with Crippen molar-refractivity contribution >= 4 is 33.2 Å². The summed E-state index contributed by atoms with van der Waals surface area (Å²) in [4.78, 5) is 18.5. The minimum absolute atomic E-state index is 0.135. The van der Waals surface area contributed by atoms with E-state index >= 15 is 0 Å². The van der Waals surface area contributed by atoms with Gasteiger partial charge >= 0.3 is 0 Å². The molecule has 0 aromatic heterocycles. The van der Waals surface area contributed by atoms with Gasteiger partial charge in [0.15, 0.2) is 0 Å². The van der Waals surface area contributed by atoms with Crippen LogP contribution in [0.1, 0.15) is 74.4 Å². The van der Waals surface area contributed by atoms with Crippen LogP contribution in [0.3, 0.4) is 0 Å². The number of anilines is 1. The summed E-state index contributed by atoms with van der Waals surface area (Å²) in [7, 11) is -2.15. The van der Waals surface area contributed by atoms with E-state index in [1.54, 1.807) is 13.0 Å². The van der Waals surface area contributed by atoms with Crippen molar-refractivity contribution in [3.8, 4) is 5.75 Å². The molecular formula is C41H57ClN4O6S. The van der Waals surface area contributed by atoms with Crippen LogP contribution in [0.15, 0.2) is 48.6 Å². The van der Waals surface area contributed by atoms with Gasteiger partial charge in [0.2, 0.25) is 10.0 Å². The van der Waals surface area contributed by atoms with E-state index in [0.29, 0.717) is 37.4 Å². The first-order chi connectivity index (χ1) is 25.4. The van der Waals surface area contributed by atoms with Gasteiger partial charge in [-0.25, -0.2) is 13.1 Å². The van der Waals surface area contributed by atoms with Crippen LogP contribution in [-0.2, 0) is 31.3 Å². The Balaban J connectivity index is 1.28. The molecule has 290 valence electrons. The Bertz CT molecular complexity index is 1800. The highest BCUT2D eigenvalue weighted by molar-refractivity contribution is 7.90. The van der Waals surface area contributed by atoms with E-state index in [1.165, 1.54) is 11.1 Å². The van der Waals surface area contributed by atoms with Gasteiger partial charge in [-0.05, 0) is 104 Å². The van der Waals surface area contributed by atoms with E-state index in [4.69, 9.17) is 25.8 Å². The molecule has 5 aliphatic rings. The minimum atomic E-state index is -3.96. The molecule has 1 saturated heterocycles. The fourth-order valence-electron chi connectivity index (χ4n) is 9.66. The maximum atomic E-state index is 13.7. The number of nitrogens with one attached hydrogen (secondary N) is 2. The van der Waals surface area contributed by atoms with Gasteiger partial charge in [0.05, 0.1) is 30.8 Å². The Morgan fingerprint density at radius 2 is 1.91 bits per heavy atom. The van der Waals surface area contributed by atoms with Gasteiger partial charge in [0.1, 0.15) is 11.4 Å². The van der Waals surface area contributed by atoms with Crippen LogP contribution in [0.25, 0.3) is 0 Å². The molecule has 3 heterocycles. The van der Waals surface area contributed by atoms with Crippen LogP contribution >= 0.6 is 11.6 Å². The van der Waals surface area contributed by atoms with Crippen molar-refractivity contribution in [3.05, 3.63) is 70.3 Å². The summed E-state index contributed by atoms with van der Waals surface area (Å²) in [5.41, 5.74) is 2.62. The molecular weight excluding hydrogens is 712 g/mol. The minimum Gasteiger partial charge on any atom is -0.490 e. The number of nitrogens with zero attached hydrogens (tertiary/aromatic N) is 2. The Hall–Kier alpha value is -2.67. The highest BCUT2D eigenvalue weighted by Crippen LogP contribution is 2.55. The highest BCUT2D eigenvalue weighted by atomic mass is 35.5. The zero-order valence-corrected chi connectivity index (χ0v) is 33.4. The zero-order chi connectivity index (χ0) is 37.4. The third-order valence-corrected chi connectivity index (χ3v) is 15.4. The first-order valence-corrected chi connectivity index (χ1v) is 21.4. The fourth-order valence-corrected chi connectivity index (χ4v) is 11.1. The van der Waals surface area contributed by atoms with Gasteiger partial charge in [-0.1, -0.05) is 43.7 Å². The molecule has 7 rings (SSSR count). The second-order valence-electron chi connectivity index (χ2n) is 16.6. The molecule has 12 heteroatoms. The normalized spacial score (nSPS) is 33.8. The molecule has 6 atom stereocenters. The number of carbonyl (C=O) groups is 1. The molecule has 3 aliphatic heterocycles. The molecule has 2 aliphatic carbocycles. The number of ether oxygens (including phenoxy) is 3. The Morgan fingerprint density at radius 1 is 1.09 bits per heavy atom. The van der Waals surface area contributed by atoms with E-state index in [-0.39, 0.29) is 22.7 Å². The number of allylic oxidation sites excluding steroid dienone is 1. The largest absolute Gasteiger partial charge is 0.490 e. The molecule has 2 aromatic rings. The summed E-state index contributed by atoms with van der Waals surface area (Å²) < 4.78 is 48.5. The molecule has 2 bridgehead atoms. The number of fused-ring (bicyclic) bond motifs is 4. The maximum absolute atomic E-state index is 13.7. The van der Waals surface area contributed by atoms with Gasteiger partial charge in [0.25, 0.3) is 5.91 Å². The third kappa shape index (κ3) is 7.76. The Labute approximate surface area is 321 Å². The van der Waals surface area contributed by atoms with Gasteiger partial charge in [-0.15, -0.1) is 0 Å². The van der Waals surface area contributed by atoms with E-state index in [2.05, 4.69) is 51.0 Å². The van der Waals surface area contributed by atoms with Crippen molar-refractivity contribution < 1.29 is 27.4 Å². The number of carbonyl (C=O) groups excluding carboxylic acids is 1. The average Bonchev–Trinajstić information content (AvgIpc) is 3.28. The molecule has 2 N–H and O–H groups in total. The second-order valence-corrected chi connectivity index (χ2v) is 19.1. The second kappa shape index (κ2) is 15.5. The van der Waals surface area contributed by atoms with Crippen LogP contribution in [-0.4, -0.2) is 103 Å². The van der Waals surface area contributed by atoms with E-state index in [9.17, 15) is 13.2 Å². The van der Waals surface area contributed by atoms with Crippen LogP contribution in [0, 0.1) is 17.3 Å². The number of hydrogen-bond acceptors (Lipinski definition) is 9. The van der Waals surface area contributed by atoms with Gasteiger partial charge in [-0.2, -0.15) is 0 Å². The zero-order valence-electron chi connectivity index (χ0n) is 31.8. The standard InChI is InChI=1S/C41H57ClN4O6S/c1-29-7-5-15-41(50-4,25-43-17-18-45-19-21-51-22-20-45)37-13-16-39(37,3)26-46-27-40(14-6-8-31-23-33(42)10-11-34(31)40)28-52-36-12-9-32(24-35(36)46)38(47)44-53(48,49)30(29)2/h5,9-12,15,23-24,29-30,37,43H,6-8,13-14,16-22,25-28H2,1-4H3,(H,44,47)/b15-5+/t29-,30+,37+,39?,40-,41+/m0/s1. The van der Waals surface area contributed by atoms with Crippen molar-refractivity contribution in [2.45, 2.75) is 75.6 Å². The SMILES string of the molecule is CO[C@@]1(CNCCN2CCOCC2)/C=C/C[C@H](C)[C@@H](C)S(=O)(=O)NC(=O)c2ccc3c(c2)N(CC2(C)CC[C@H]21)C[C@@]1(CCCc2cc(Cl)ccc21)CO3. The summed E-state index contributed by atoms with van der Waals surface area (Å²) in [6.45, 7) is 13.8. The number of rotatable bonds is 6. The number of halogens is 1. The lowest BCUT2D eigenvalue weighted by Crippen LogP contribution is -2.61. The van der Waals surface area contributed by atoms with Gasteiger partial charge < -0.3 is 24.4 Å². The van der Waals surface area contributed by atoms with Crippen LogP contribution in [0.5, 0.6) is 5.75 Å². The summed E-state index contributed by atoms with van der Waals surface area (Å²) in [5.74, 6) is 0.0263. The molecule has 2 fully saturated rings. The molecule has 1 unspecified atom stereocenters. The first kappa shape index (κ1) is 38.6. The summed E-state index contributed by atoms with van der Waals surface area (Å²) >= 11 is 6.51. The monoisotopic (exact) mass is 768 g/mol. The molecule has 53 heavy (non-hydrogen) atoms. The van der Waals surface area contributed by atoms with Crippen molar-refractivity contribution in [1.29, 1.82) is 0 Å². The van der Waals surface area contributed by atoms with Crippen LogP contribution < -0.4 is 19.7 Å². The summed E-state index contributed by atoms with van der Waals surface area (Å²) in [6.07, 6.45) is 9.85. The van der Waals surface area contributed by atoms with Crippen molar-refractivity contribution in [2.75, 3.05) is 77.6 Å². The predicted octanol–water partition coefficient (Wildman–Crippen LogP) is 5.58. The lowest BCUT2D eigenvalue weighted by atomic mass is 9.54. The number of benzene rings is 2. The number of sulfonamides is 1. The lowest BCUT2D eigenvalue weighted by Gasteiger charge is -2.57. The molecule has 1 spiro atoms. The number of methoxy groups -OCH3 is 1. The smallest absolute Gasteiger partial charge is 0.264 e. The lowest BCUT2D eigenvalue weighted by molar-refractivity contribution is -0.113. The maximum Gasteiger partial charge on any atom is 0.264 e. The van der Waals surface area contributed by atoms with Crippen molar-refractivity contribution in [2.24, 2.45) is 17.3 Å². The number of hydrogen-bond donors (Lipinski definition) is 2. The fraction of sp³-hybridized carbons (Fsp3) is 0.634. The van der Waals surface area contributed by atoms with E-state index in [1.807, 2.05) is 32.2 Å². The summed E-state index contributed by atoms with van der Waals surface area (Å²) in [6, 6.07) is 11.6. The Morgan fingerprint density at radius 3 is 2.66 bits per heavy atom. The predicted molar refractivity (Wildman–Crippen MR) is 210 cm³/mol. The highest BCUT2D eigenvalue weighted by Gasteiger charge is 2.55. The van der Waals surface area contributed by atoms with Gasteiger partial charge in [-0.3, -0.25) is 9.69 Å². The number of aryl methyl sites for hydroxylation is 1. The topological polar surface area (TPSA) is 109 Å². The van der Waals surface area contributed by atoms with Gasteiger partial charge in [0, 0.05) is 68.9 Å². The average molecular weight is 769 g/mol. The van der Waals surface area contributed by atoms with E-state index in [0.717, 1.165) is 88.8 Å². The van der Waals surface area contributed by atoms with Crippen molar-refractivity contribution in [3.63, 3.8) is 0 Å². The van der Waals surface area contributed by atoms with Crippen molar-refractivity contribution in [1.82, 2.24) is 14.9 Å². The van der Waals surface area contributed by atoms with Crippen LogP contribution in [0.4, 0.5) is 5.69 Å². The molecule has 1 amide bonds. The van der Waals surface area contributed by atoms with E-state index < -0.39 is 26.8 Å². The number of amides is 1.